The molecule has 1 aliphatic rings. The summed E-state index contributed by atoms with van der Waals surface area (Å²) in [7, 11) is 0. The predicted molar refractivity (Wildman–Crippen MR) is 59.9 cm³/mol. The van der Waals surface area contributed by atoms with Gasteiger partial charge in [0, 0.05) is 5.54 Å². The van der Waals surface area contributed by atoms with Crippen LogP contribution in [-0.2, 0) is 5.54 Å². The lowest BCUT2D eigenvalue weighted by Gasteiger charge is -2.38. The monoisotopic (exact) mass is 189 g/mol. The first-order chi connectivity index (χ1) is 6.56. The van der Waals surface area contributed by atoms with E-state index in [1.54, 1.807) is 0 Å². The van der Waals surface area contributed by atoms with Crippen LogP contribution in [0.15, 0.2) is 30.3 Å². The minimum Gasteiger partial charge on any atom is -0.321 e. The molecule has 1 nitrogen and oxygen atoms in total. The molecule has 1 aromatic rings. The van der Waals surface area contributed by atoms with E-state index in [9.17, 15) is 0 Å². The van der Waals surface area contributed by atoms with Crippen molar-refractivity contribution < 1.29 is 0 Å². The Morgan fingerprint density at radius 3 is 2.21 bits per heavy atom. The van der Waals surface area contributed by atoms with Gasteiger partial charge in [-0.1, -0.05) is 50.6 Å². The van der Waals surface area contributed by atoms with E-state index >= 15 is 0 Å². The first-order valence-corrected chi connectivity index (χ1v) is 5.41. The van der Waals surface area contributed by atoms with E-state index < -0.39 is 0 Å². The lowest BCUT2D eigenvalue weighted by molar-refractivity contribution is 0.210. The number of nitrogens with two attached hydrogens (primary N) is 1. The van der Waals surface area contributed by atoms with Crippen molar-refractivity contribution in [3.63, 3.8) is 0 Å². The van der Waals surface area contributed by atoms with Crippen molar-refractivity contribution in [3.05, 3.63) is 35.9 Å². The van der Waals surface area contributed by atoms with Crippen LogP contribution in [0, 0.1) is 5.41 Å². The summed E-state index contributed by atoms with van der Waals surface area (Å²) in [6.45, 7) is 4.57. The molecule has 0 radical (unpaired) electrons. The lowest BCUT2D eigenvalue weighted by Crippen LogP contribution is -2.45. The average molecular weight is 189 g/mol. The molecule has 2 rings (SSSR count). The van der Waals surface area contributed by atoms with Crippen LogP contribution >= 0.6 is 0 Å². The largest absolute Gasteiger partial charge is 0.321 e. The molecule has 1 saturated carbocycles. The van der Waals surface area contributed by atoms with Gasteiger partial charge >= 0.3 is 0 Å². The third kappa shape index (κ3) is 1.27. The fourth-order valence-corrected chi connectivity index (χ4v) is 2.64. The van der Waals surface area contributed by atoms with Crippen molar-refractivity contribution >= 4 is 0 Å². The quantitative estimate of drug-likeness (QED) is 0.722. The van der Waals surface area contributed by atoms with Crippen LogP contribution in [0.5, 0.6) is 0 Å². The molecule has 1 atom stereocenters. The maximum absolute atomic E-state index is 6.56. The summed E-state index contributed by atoms with van der Waals surface area (Å²) in [5.41, 5.74) is 7.97. The molecule has 0 aromatic heterocycles. The molecule has 0 aliphatic heterocycles. The van der Waals surface area contributed by atoms with Crippen LogP contribution in [-0.4, -0.2) is 0 Å². The highest BCUT2D eigenvalue weighted by Gasteiger charge is 2.46. The van der Waals surface area contributed by atoms with Gasteiger partial charge in [-0.3, -0.25) is 0 Å². The average Bonchev–Trinajstić information content (AvgIpc) is 2.44. The van der Waals surface area contributed by atoms with Crippen molar-refractivity contribution in [2.24, 2.45) is 11.1 Å². The minimum atomic E-state index is -0.117. The Bertz CT molecular complexity index is 315. The summed E-state index contributed by atoms with van der Waals surface area (Å²) in [5.74, 6) is 0. The van der Waals surface area contributed by atoms with E-state index in [1.165, 1.54) is 18.4 Å². The number of benzene rings is 1. The van der Waals surface area contributed by atoms with Crippen LogP contribution in [0.25, 0.3) is 0 Å². The zero-order valence-corrected chi connectivity index (χ0v) is 9.09. The molecule has 1 aromatic carbocycles. The molecule has 0 bridgehead atoms. The molecular weight excluding hydrogens is 170 g/mol. The Hall–Kier alpha value is -0.820. The molecule has 1 aliphatic carbocycles. The van der Waals surface area contributed by atoms with E-state index in [-0.39, 0.29) is 11.0 Å². The Labute approximate surface area is 86.3 Å². The maximum Gasteiger partial charge on any atom is 0.0461 e. The van der Waals surface area contributed by atoms with Gasteiger partial charge in [0.1, 0.15) is 0 Å². The number of hydrogen-bond acceptors (Lipinski definition) is 1. The van der Waals surface area contributed by atoms with Gasteiger partial charge in [0.05, 0.1) is 0 Å². The van der Waals surface area contributed by atoms with E-state index in [2.05, 4.69) is 44.2 Å². The Morgan fingerprint density at radius 2 is 1.71 bits per heavy atom. The number of hydrogen-bond donors (Lipinski definition) is 1. The second kappa shape index (κ2) is 3.09. The summed E-state index contributed by atoms with van der Waals surface area (Å²) in [6.07, 6.45) is 3.60. The summed E-state index contributed by atoms with van der Waals surface area (Å²) in [6, 6.07) is 10.5. The van der Waals surface area contributed by atoms with Crippen LogP contribution in [0.1, 0.15) is 38.7 Å². The summed E-state index contributed by atoms with van der Waals surface area (Å²) in [4.78, 5) is 0. The summed E-state index contributed by atoms with van der Waals surface area (Å²) >= 11 is 0. The van der Waals surface area contributed by atoms with E-state index in [1.807, 2.05) is 0 Å². The Morgan fingerprint density at radius 1 is 1.07 bits per heavy atom. The minimum absolute atomic E-state index is 0.117. The second-order valence-corrected chi connectivity index (χ2v) is 5.07. The molecule has 2 N–H and O–H groups in total. The summed E-state index contributed by atoms with van der Waals surface area (Å²) in [5, 5.41) is 0. The van der Waals surface area contributed by atoms with Gasteiger partial charge in [0.15, 0.2) is 0 Å². The molecule has 0 spiro atoms. The smallest absolute Gasteiger partial charge is 0.0461 e. The standard InChI is InChI=1S/C13H19N/c1-12(2)9-6-10-13(12,14)11-7-4-3-5-8-11/h3-5,7-8H,6,9-10,14H2,1-2H3. The maximum atomic E-state index is 6.56. The third-order valence-electron chi connectivity index (χ3n) is 3.87. The van der Waals surface area contributed by atoms with E-state index in [0.717, 1.165) is 6.42 Å². The zero-order valence-electron chi connectivity index (χ0n) is 9.09. The third-order valence-corrected chi connectivity index (χ3v) is 3.87. The molecule has 76 valence electrons. The molecule has 0 saturated heterocycles. The van der Waals surface area contributed by atoms with Gasteiger partial charge < -0.3 is 5.73 Å². The fourth-order valence-electron chi connectivity index (χ4n) is 2.64. The fraction of sp³-hybridized carbons (Fsp3) is 0.538. The first-order valence-electron chi connectivity index (χ1n) is 5.41. The molecular formula is C13H19N. The van der Waals surface area contributed by atoms with Crippen LogP contribution in [0.3, 0.4) is 0 Å². The topological polar surface area (TPSA) is 26.0 Å². The van der Waals surface area contributed by atoms with Crippen molar-refractivity contribution in [1.82, 2.24) is 0 Å². The van der Waals surface area contributed by atoms with Crippen molar-refractivity contribution in [2.45, 2.75) is 38.6 Å². The molecule has 0 heterocycles. The van der Waals surface area contributed by atoms with Crippen molar-refractivity contribution in [2.75, 3.05) is 0 Å². The van der Waals surface area contributed by atoms with E-state index in [4.69, 9.17) is 5.73 Å². The first kappa shape index (κ1) is 9.72. The second-order valence-electron chi connectivity index (χ2n) is 5.07. The SMILES string of the molecule is CC1(C)CCCC1(N)c1ccccc1. The molecule has 14 heavy (non-hydrogen) atoms. The van der Waals surface area contributed by atoms with Crippen molar-refractivity contribution in [3.8, 4) is 0 Å². The Kier molecular flexibility index (Phi) is 2.15. The highest BCUT2D eigenvalue weighted by atomic mass is 14.8. The predicted octanol–water partition coefficient (Wildman–Crippen LogP) is 3.05. The van der Waals surface area contributed by atoms with Gasteiger partial charge in [-0.2, -0.15) is 0 Å². The highest BCUT2D eigenvalue weighted by molar-refractivity contribution is 5.28. The van der Waals surface area contributed by atoms with Gasteiger partial charge in [-0.15, -0.1) is 0 Å². The molecule has 1 unspecified atom stereocenters. The molecule has 1 fully saturated rings. The lowest BCUT2D eigenvalue weighted by atomic mass is 9.71. The zero-order chi connectivity index (χ0) is 10.2. The summed E-state index contributed by atoms with van der Waals surface area (Å²) < 4.78 is 0. The van der Waals surface area contributed by atoms with Crippen LogP contribution in [0.2, 0.25) is 0 Å². The Balaban J connectivity index is 2.42. The van der Waals surface area contributed by atoms with Crippen LogP contribution in [0.4, 0.5) is 0 Å². The normalized spacial score (nSPS) is 30.5. The van der Waals surface area contributed by atoms with Gasteiger partial charge in [0.2, 0.25) is 0 Å². The number of rotatable bonds is 1. The van der Waals surface area contributed by atoms with Crippen molar-refractivity contribution in [1.29, 1.82) is 0 Å². The van der Waals surface area contributed by atoms with Gasteiger partial charge in [0.25, 0.3) is 0 Å². The molecule has 1 heteroatoms. The van der Waals surface area contributed by atoms with Gasteiger partial charge in [-0.05, 0) is 23.8 Å². The van der Waals surface area contributed by atoms with Gasteiger partial charge in [-0.25, -0.2) is 0 Å². The molecule has 0 amide bonds. The van der Waals surface area contributed by atoms with Crippen LogP contribution < -0.4 is 5.73 Å². The van der Waals surface area contributed by atoms with E-state index in [0.29, 0.717) is 0 Å². The highest BCUT2D eigenvalue weighted by Crippen LogP contribution is 2.50.